The monoisotopic (exact) mass is 298 g/mol. The van der Waals surface area contributed by atoms with Gasteiger partial charge in [0.25, 0.3) is 0 Å². The van der Waals surface area contributed by atoms with Gasteiger partial charge in [0.1, 0.15) is 0 Å². The Kier molecular flexibility index (Phi) is 4.84. The van der Waals surface area contributed by atoms with Crippen molar-refractivity contribution in [2.75, 3.05) is 14.2 Å². The van der Waals surface area contributed by atoms with Crippen LogP contribution >= 0.6 is 0 Å². The number of ketones is 1. The minimum Gasteiger partial charge on any atom is -0.502 e. The van der Waals surface area contributed by atoms with Gasteiger partial charge < -0.3 is 14.6 Å². The fraction of sp³-hybridized carbons (Fsp3) is 0.167. The molecule has 0 aromatic heterocycles. The van der Waals surface area contributed by atoms with Crippen LogP contribution in [-0.2, 0) is 0 Å². The maximum atomic E-state index is 12.4. The largest absolute Gasteiger partial charge is 0.502 e. The van der Waals surface area contributed by atoms with Crippen LogP contribution in [0, 0.1) is 0 Å². The molecule has 0 spiro atoms. The summed E-state index contributed by atoms with van der Waals surface area (Å²) in [5, 5.41) is 10.1. The highest BCUT2D eigenvalue weighted by Gasteiger charge is 2.14. The van der Waals surface area contributed by atoms with E-state index in [9.17, 15) is 9.90 Å². The number of methoxy groups -OCH3 is 2. The summed E-state index contributed by atoms with van der Waals surface area (Å²) in [4.78, 5) is 12.4. The summed E-state index contributed by atoms with van der Waals surface area (Å²) in [6.07, 6.45) is 1.69. The molecule has 2 aromatic rings. The predicted molar refractivity (Wildman–Crippen MR) is 85.6 cm³/mol. The zero-order valence-corrected chi connectivity index (χ0v) is 12.8. The lowest BCUT2D eigenvalue weighted by Gasteiger charge is -2.11. The zero-order chi connectivity index (χ0) is 16.1. The van der Waals surface area contributed by atoms with Gasteiger partial charge in [0.2, 0.25) is 5.75 Å². The minimum atomic E-state index is -0.0845. The molecule has 0 aliphatic heterocycles. The third kappa shape index (κ3) is 3.11. The predicted octanol–water partition coefficient (Wildman–Crippen LogP) is 3.70. The molecule has 0 unspecified atom stereocenters. The second-order valence-corrected chi connectivity index (χ2v) is 4.76. The number of benzene rings is 2. The summed E-state index contributed by atoms with van der Waals surface area (Å²) in [6.45, 7) is 1.73. The number of allylic oxidation sites excluding steroid dienone is 1. The van der Waals surface area contributed by atoms with Crippen molar-refractivity contribution in [3.05, 3.63) is 59.2 Å². The number of phenolic OH excluding ortho intramolecular Hbond substituents is 1. The van der Waals surface area contributed by atoms with Gasteiger partial charge >= 0.3 is 0 Å². The van der Waals surface area contributed by atoms with Crippen molar-refractivity contribution in [1.82, 2.24) is 0 Å². The number of hydrogen-bond donors (Lipinski definition) is 1. The molecular formula is C18H18O4. The third-order valence-electron chi connectivity index (χ3n) is 3.32. The number of phenols is 1. The Morgan fingerprint density at radius 2 is 1.73 bits per heavy atom. The molecule has 114 valence electrons. The van der Waals surface area contributed by atoms with Crippen molar-refractivity contribution in [2.24, 2.45) is 0 Å². The molecule has 0 fully saturated rings. The first-order chi connectivity index (χ1) is 10.6. The van der Waals surface area contributed by atoms with Crippen molar-refractivity contribution in [3.63, 3.8) is 0 Å². The van der Waals surface area contributed by atoms with Gasteiger partial charge in [0.15, 0.2) is 17.3 Å². The van der Waals surface area contributed by atoms with Crippen LogP contribution in [0.2, 0.25) is 0 Å². The molecular weight excluding hydrogens is 280 g/mol. The first kappa shape index (κ1) is 15.6. The van der Waals surface area contributed by atoms with Crippen LogP contribution in [-0.4, -0.2) is 25.1 Å². The Morgan fingerprint density at radius 3 is 2.32 bits per heavy atom. The normalized spacial score (nSPS) is 11.1. The Labute approximate surface area is 129 Å². The van der Waals surface area contributed by atoms with E-state index in [-0.39, 0.29) is 17.3 Å². The smallest absolute Gasteiger partial charge is 0.201 e. The van der Waals surface area contributed by atoms with Crippen molar-refractivity contribution in [3.8, 4) is 17.2 Å². The Balaban J connectivity index is 2.40. The zero-order valence-electron chi connectivity index (χ0n) is 12.8. The van der Waals surface area contributed by atoms with E-state index in [1.807, 2.05) is 18.2 Å². The molecule has 0 radical (unpaired) electrons. The number of carbonyl (C=O) groups excluding carboxylic acids is 1. The second-order valence-electron chi connectivity index (χ2n) is 4.76. The van der Waals surface area contributed by atoms with E-state index in [2.05, 4.69) is 0 Å². The highest BCUT2D eigenvalue weighted by molar-refractivity contribution is 6.11. The first-order valence-corrected chi connectivity index (χ1v) is 6.80. The van der Waals surface area contributed by atoms with Crippen molar-refractivity contribution in [2.45, 2.75) is 6.92 Å². The summed E-state index contributed by atoms with van der Waals surface area (Å²) >= 11 is 0. The maximum absolute atomic E-state index is 12.4. The number of carbonyl (C=O) groups is 1. The van der Waals surface area contributed by atoms with E-state index in [1.165, 1.54) is 14.2 Å². The molecule has 0 aliphatic carbocycles. The lowest BCUT2D eigenvalue weighted by atomic mass is 10.0. The fourth-order valence-electron chi connectivity index (χ4n) is 2.18. The van der Waals surface area contributed by atoms with Crippen LogP contribution in [0.5, 0.6) is 17.2 Å². The summed E-state index contributed by atoms with van der Waals surface area (Å²) < 4.78 is 10.3. The Hall–Kier alpha value is -2.75. The SMILES string of the molecule is COc1ccc(C=C(C)C(=O)c2ccccc2)c(OC)c1O. The van der Waals surface area contributed by atoms with E-state index in [0.717, 1.165) is 0 Å². The maximum Gasteiger partial charge on any atom is 0.201 e. The molecule has 1 N–H and O–H groups in total. The molecule has 2 aromatic carbocycles. The Morgan fingerprint density at radius 1 is 1.05 bits per heavy atom. The topological polar surface area (TPSA) is 55.8 Å². The summed E-state index contributed by atoms with van der Waals surface area (Å²) in [6, 6.07) is 12.4. The van der Waals surface area contributed by atoms with Crippen molar-refractivity contribution >= 4 is 11.9 Å². The third-order valence-corrected chi connectivity index (χ3v) is 3.32. The van der Waals surface area contributed by atoms with Crippen LogP contribution in [0.4, 0.5) is 0 Å². The van der Waals surface area contributed by atoms with Crippen LogP contribution in [0.25, 0.3) is 6.08 Å². The molecule has 0 aliphatic rings. The summed E-state index contributed by atoms with van der Waals surface area (Å²) in [5.74, 6) is 0.442. The average molecular weight is 298 g/mol. The second kappa shape index (κ2) is 6.80. The lowest BCUT2D eigenvalue weighted by Crippen LogP contribution is -2.00. The van der Waals surface area contributed by atoms with Gasteiger partial charge in [0.05, 0.1) is 14.2 Å². The number of hydrogen-bond acceptors (Lipinski definition) is 4. The van der Waals surface area contributed by atoms with Gasteiger partial charge in [0, 0.05) is 11.1 Å². The van der Waals surface area contributed by atoms with Crippen molar-refractivity contribution in [1.29, 1.82) is 0 Å². The van der Waals surface area contributed by atoms with E-state index in [4.69, 9.17) is 9.47 Å². The summed E-state index contributed by atoms with van der Waals surface area (Å²) in [7, 11) is 2.92. The number of Topliss-reactive ketones (excluding diaryl/α,β-unsaturated/α-hetero) is 1. The molecule has 4 heteroatoms. The highest BCUT2D eigenvalue weighted by atomic mass is 16.5. The molecule has 2 rings (SSSR count). The molecule has 22 heavy (non-hydrogen) atoms. The Bertz CT molecular complexity index is 703. The van der Waals surface area contributed by atoms with E-state index in [1.54, 1.807) is 37.3 Å². The van der Waals surface area contributed by atoms with Crippen molar-refractivity contribution < 1.29 is 19.4 Å². The average Bonchev–Trinajstić information content (AvgIpc) is 2.55. The van der Waals surface area contributed by atoms with Crippen LogP contribution in [0.3, 0.4) is 0 Å². The van der Waals surface area contributed by atoms with Gasteiger partial charge in [-0.1, -0.05) is 30.3 Å². The van der Waals surface area contributed by atoms with E-state index >= 15 is 0 Å². The standard InChI is InChI=1S/C18H18O4/c1-12(16(19)13-7-5-4-6-8-13)11-14-9-10-15(21-2)17(20)18(14)22-3/h4-11,20H,1-3H3. The van der Waals surface area contributed by atoms with Gasteiger partial charge in [-0.05, 0) is 30.7 Å². The molecule has 0 atom stereocenters. The minimum absolute atomic E-state index is 0.0713. The molecule has 4 nitrogen and oxygen atoms in total. The van der Waals surface area contributed by atoms with Crippen LogP contribution in [0.15, 0.2) is 48.0 Å². The van der Waals surface area contributed by atoms with Gasteiger partial charge in [-0.15, -0.1) is 0 Å². The summed E-state index contributed by atoms with van der Waals surface area (Å²) in [5.41, 5.74) is 1.78. The molecule has 0 saturated carbocycles. The number of ether oxygens (including phenoxy) is 2. The fourth-order valence-corrected chi connectivity index (χ4v) is 2.18. The van der Waals surface area contributed by atoms with Gasteiger partial charge in [-0.3, -0.25) is 4.79 Å². The lowest BCUT2D eigenvalue weighted by molar-refractivity contribution is 0.103. The number of rotatable bonds is 5. The van der Waals surface area contributed by atoms with Gasteiger partial charge in [-0.2, -0.15) is 0 Å². The highest BCUT2D eigenvalue weighted by Crippen LogP contribution is 2.39. The van der Waals surface area contributed by atoms with Gasteiger partial charge in [-0.25, -0.2) is 0 Å². The van der Waals surface area contributed by atoms with E-state index in [0.29, 0.717) is 22.4 Å². The van der Waals surface area contributed by atoms with Crippen LogP contribution in [0.1, 0.15) is 22.8 Å². The molecule has 0 heterocycles. The first-order valence-electron chi connectivity index (χ1n) is 6.80. The van der Waals surface area contributed by atoms with Crippen LogP contribution < -0.4 is 9.47 Å². The quantitative estimate of drug-likeness (QED) is 0.675. The molecule has 0 amide bonds. The number of aromatic hydroxyl groups is 1. The molecule has 0 bridgehead atoms. The van der Waals surface area contributed by atoms with E-state index < -0.39 is 0 Å². The molecule has 0 saturated heterocycles.